The fourth-order valence-corrected chi connectivity index (χ4v) is 7.80. The van der Waals surface area contributed by atoms with Crippen LogP contribution in [0.1, 0.15) is 71.3 Å². The normalized spacial score (nSPS) is 38.4. The van der Waals surface area contributed by atoms with Crippen molar-refractivity contribution in [3.63, 3.8) is 0 Å². The molecule has 0 aliphatic heterocycles. The lowest BCUT2D eigenvalue weighted by Crippen LogP contribution is -2.56. The molecule has 8 atom stereocenters. The molecule has 2 fully saturated rings. The molecule has 1 aromatic rings. The van der Waals surface area contributed by atoms with Crippen LogP contribution in [0.25, 0.3) is 0 Å². The molecule has 2 unspecified atom stereocenters. The first-order valence-electron chi connectivity index (χ1n) is 13.4. The molecule has 3 aliphatic carbocycles. The Bertz CT molecular complexity index is 935. The topological polar surface area (TPSA) is 69.9 Å². The molecule has 192 valence electrons. The summed E-state index contributed by atoms with van der Waals surface area (Å²) in [6.07, 6.45) is 13.7. The fraction of sp³-hybridized carbons (Fsp3) is 0.677. The second-order valence-electron chi connectivity index (χ2n) is 12.3. The molecule has 0 bridgehead atoms. The molecular formula is C31H44O4. The van der Waals surface area contributed by atoms with E-state index in [-0.39, 0.29) is 41.7 Å². The van der Waals surface area contributed by atoms with Crippen molar-refractivity contribution in [3.8, 4) is 12.3 Å². The zero-order chi connectivity index (χ0) is 25.3. The Kier molecular flexibility index (Phi) is 7.84. The van der Waals surface area contributed by atoms with E-state index in [0.29, 0.717) is 18.3 Å². The molecule has 1 aromatic carbocycles. The third-order valence-electron chi connectivity index (χ3n) is 9.77. The van der Waals surface area contributed by atoms with Crippen LogP contribution in [0, 0.1) is 40.4 Å². The van der Waals surface area contributed by atoms with Crippen LogP contribution in [-0.4, -0.2) is 46.8 Å². The second-order valence-corrected chi connectivity index (χ2v) is 12.3. The Balaban J connectivity index is 1.41. The van der Waals surface area contributed by atoms with Crippen molar-refractivity contribution in [1.82, 2.24) is 0 Å². The van der Waals surface area contributed by atoms with Crippen LogP contribution in [0.2, 0.25) is 0 Å². The van der Waals surface area contributed by atoms with Gasteiger partial charge in [-0.2, -0.15) is 0 Å². The third kappa shape index (κ3) is 5.25. The van der Waals surface area contributed by atoms with E-state index in [2.05, 4.69) is 44.9 Å². The predicted molar refractivity (Wildman–Crippen MR) is 140 cm³/mol. The van der Waals surface area contributed by atoms with Crippen LogP contribution in [0.4, 0.5) is 0 Å². The Hall–Kier alpha value is -1.64. The Labute approximate surface area is 211 Å². The number of aliphatic hydroxyl groups excluding tert-OH is 3. The molecule has 0 heterocycles. The van der Waals surface area contributed by atoms with Crippen molar-refractivity contribution in [2.24, 2.45) is 28.1 Å². The van der Waals surface area contributed by atoms with E-state index in [9.17, 15) is 15.3 Å². The lowest BCUT2D eigenvalue weighted by molar-refractivity contribution is -0.134. The van der Waals surface area contributed by atoms with Gasteiger partial charge in [0.1, 0.15) is 6.10 Å². The van der Waals surface area contributed by atoms with Crippen LogP contribution < -0.4 is 0 Å². The quantitative estimate of drug-likeness (QED) is 0.365. The maximum absolute atomic E-state index is 11.2. The minimum Gasteiger partial charge on any atom is -0.396 e. The number of allylic oxidation sites excluding steroid dienone is 1. The molecule has 4 nitrogen and oxygen atoms in total. The van der Waals surface area contributed by atoms with Crippen LogP contribution >= 0.6 is 0 Å². The van der Waals surface area contributed by atoms with Gasteiger partial charge in [0, 0.05) is 12.0 Å². The van der Waals surface area contributed by atoms with Gasteiger partial charge in [-0.3, -0.25) is 0 Å². The van der Waals surface area contributed by atoms with Crippen molar-refractivity contribution in [3.05, 3.63) is 47.5 Å². The number of hydrogen-bond acceptors (Lipinski definition) is 4. The first kappa shape index (κ1) is 26.4. The van der Waals surface area contributed by atoms with Gasteiger partial charge in [0.2, 0.25) is 0 Å². The molecule has 0 spiro atoms. The lowest BCUT2D eigenvalue weighted by Gasteiger charge is -2.61. The fourth-order valence-electron chi connectivity index (χ4n) is 7.80. The molecule has 0 saturated heterocycles. The number of rotatable bonds is 8. The van der Waals surface area contributed by atoms with Crippen molar-refractivity contribution >= 4 is 0 Å². The summed E-state index contributed by atoms with van der Waals surface area (Å²) >= 11 is 0. The van der Waals surface area contributed by atoms with Crippen LogP contribution in [0.3, 0.4) is 0 Å². The largest absolute Gasteiger partial charge is 0.396 e. The highest BCUT2D eigenvalue weighted by molar-refractivity contribution is 5.25. The van der Waals surface area contributed by atoms with E-state index < -0.39 is 6.10 Å². The summed E-state index contributed by atoms with van der Waals surface area (Å²) in [5.41, 5.74) is 2.07. The van der Waals surface area contributed by atoms with Gasteiger partial charge in [-0.25, -0.2) is 0 Å². The first-order chi connectivity index (χ1) is 16.6. The van der Waals surface area contributed by atoms with Gasteiger partial charge in [0.25, 0.3) is 0 Å². The van der Waals surface area contributed by atoms with Crippen LogP contribution in [0.15, 0.2) is 42.0 Å². The molecule has 35 heavy (non-hydrogen) atoms. The minimum absolute atomic E-state index is 0.0198. The van der Waals surface area contributed by atoms with Crippen molar-refractivity contribution in [2.45, 2.75) is 90.4 Å². The number of ether oxygens (including phenoxy) is 1. The lowest BCUT2D eigenvalue weighted by atomic mass is 9.44. The van der Waals surface area contributed by atoms with Crippen molar-refractivity contribution in [2.75, 3.05) is 13.2 Å². The highest BCUT2D eigenvalue weighted by atomic mass is 16.5. The highest BCUT2D eigenvalue weighted by Gasteiger charge is 2.58. The molecule has 4 heteroatoms. The zero-order valence-electron chi connectivity index (χ0n) is 21.7. The number of hydrogen-bond donors (Lipinski definition) is 3. The summed E-state index contributed by atoms with van der Waals surface area (Å²) in [5, 5.41) is 32.1. The van der Waals surface area contributed by atoms with Crippen molar-refractivity contribution < 1.29 is 20.1 Å². The SMILES string of the molecule is C#CC(CCc1ccccc1)OCC(O)[C@]1(C)C=C2CC[C@@H]3[C@](C)(CO)C[C@@H](O)C[C@@]3(C)[C@@H]2CC1. The number of benzene rings is 1. The van der Waals surface area contributed by atoms with Gasteiger partial charge < -0.3 is 20.1 Å². The van der Waals surface area contributed by atoms with Gasteiger partial charge >= 0.3 is 0 Å². The molecule has 3 aliphatic rings. The highest BCUT2D eigenvalue weighted by Crippen LogP contribution is 2.63. The summed E-state index contributed by atoms with van der Waals surface area (Å²) in [6, 6.07) is 10.3. The molecular weight excluding hydrogens is 436 g/mol. The molecule has 3 N–H and O–H groups in total. The first-order valence-corrected chi connectivity index (χ1v) is 13.4. The second kappa shape index (κ2) is 10.4. The van der Waals surface area contributed by atoms with E-state index >= 15 is 0 Å². The average Bonchev–Trinajstić information content (AvgIpc) is 2.83. The molecule has 0 aromatic heterocycles. The standard InChI is InChI=1S/C31H44O4/c1-5-25(13-11-22-9-7-6-8-10-22)35-20-28(34)29(2)16-15-26-23(17-29)12-14-27-30(3,21-32)18-24(33)19-31(26,27)4/h1,6-10,17,24-28,32-34H,11-16,18-21H2,2-4H3/t24-,25?,26-,27-,28?,29+,30+,31+/m1/s1. The zero-order valence-corrected chi connectivity index (χ0v) is 21.7. The van der Waals surface area contributed by atoms with E-state index in [1.807, 2.05) is 18.2 Å². The average molecular weight is 481 g/mol. The number of terminal acetylenes is 1. The van der Waals surface area contributed by atoms with Gasteiger partial charge in [-0.15, -0.1) is 6.42 Å². The molecule has 0 amide bonds. The van der Waals surface area contributed by atoms with E-state index in [1.54, 1.807) is 0 Å². The summed E-state index contributed by atoms with van der Waals surface area (Å²) < 4.78 is 6.01. The Morgan fingerprint density at radius 1 is 1.14 bits per heavy atom. The summed E-state index contributed by atoms with van der Waals surface area (Å²) in [7, 11) is 0. The summed E-state index contributed by atoms with van der Waals surface area (Å²) in [6.45, 7) is 6.99. The third-order valence-corrected chi connectivity index (χ3v) is 9.77. The van der Waals surface area contributed by atoms with E-state index in [1.165, 1.54) is 11.1 Å². The van der Waals surface area contributed by atoms with Gasteiger partial charge in [0.05, 0.1) is 18.8 Å². The van der Waals surface area contributed by atoms with E-state index in [0.717, 1.165) is 44.9 Å². The van der Waals surface area contributed by atoms with Crippen LogP contribution in [-0.2, 0) is 11.2 Å². The number of fused-ring (bicyclic) bond motifs is 3. The Morgan fingerprint density at radius 3 is 2.57 bits per heavy atom. The van der Waals surface area contributed by atoms with E-state index in [4.69, 9.17) is 11.2 Å². The van der Waals surface area contributed by atoms with Crippen LogP contribution in [0.5, 0.6) is 0 Å². The van der Waals surface area contributed by atoms with Gasteiger partial charge in [-0.1, -0.05) is 68.7 Å². The monoisotopic (exact) mass is 480 g/mol. The molecule has 2 saturated carbocycles. The smallest absolute Gasteiger partial charge is 0.118 e. The summed E-state index contributed by atoms with van der Waals surface area (Å²) in [4.78, 5) is 0. The predicted octanol–water partition coefficient (Wildman–Crippen LogP) is 4.91. The van der Waals surface area contributed by atoms with Gasteiger partial charge in [0.15, 0.2) is 0 Å². The van der Waals surface area contributed by atoms with Gasteiger partial charge in [-0.05, 0) is 79.6 Å². The molecule has 4 rings (SSSR count). The number of aliphatic hydroxyl groups is 3. The van der Waals surface area contributed by atoms with Crippen molar-refractivity contribution in [1.29, 1.82) is 0 Å². The maximum Gasteiger partial charge on any atom is 0.118 e. The minimum atomic E-state index is -0.617. The number of aryl methyl sites for hydroxylation is 1. The molecule has 0 radical (unpaired) electrons. The summed E-state index contributed by atoms with van der Waals surface area (Å²) in [5.74, 6) is 3.55. The Morgan fingerprint density at radius 2 is 1.89 bits per heavy atom. The maximum atomic E-state index is 11.2.